The number of aliphatic hydroxyl groups is 7. The summed E-state index contributed by atoms with van der Waals surface area (Å²) in [6.07, 6.45) is -19.7. The molecule has 4 heterocycles. The quantitative estimate of drug-likeness (QED) is 0.0230. The highest BCUT2D eigenvalue weighted by molar-refractivity contribution is 9.10. The smallest absolute Gasteiger partial charge is 0.408 e. The van der Waals surface area contributed by atoms with Crippen molar-refractivity contribution in [3.63, 3.8) is 0 Å². The lowest BCUT2D eigenvalue weighted by molar-refractivity contribution is -0.346. The first-order valence-electron chi connectivity index (χ1n) is 41.0. The van der Waals surface area contributed by atoms with Gasteiger partial charge in [0.1, 0.15) is 78.1 Å². The molecule has 8 rings (SSSR count). The third-order valence-corrected chi connectivity index (χ3v) is 20.5. The standard InChI is InChI=1S/C14H16O4.C13H13BrN2O5.C13H13ClN2O5.C12H18O13.C11H18O5.C9H15NO6.C6H9NO6.C4H5ClO4/c15-13(16)11-7-6-10(8-12(11)14(17)18)9-4-2-1-3-5-9;14-8-3-1-7(2-4-8)11(17)16-6-5-15-9(12(18)19)10(16)13(20)21;14-8-3-1-2-7(6-8)11(17)16-5-4-15-9(12(18)19)10(16)13(20)21;13-1-2(14)7(9(18)19)25-12(5(1)17)24-6-3(15)4(16)11(22)23-8(6)10(20)21;12-9(5-1-3-7-10(13)14)6-2-4-8-11(15)16;1-9(2,3)16-8(15)10-5(7(13)14)4-6(11)12;8-3(6(12)13)1-4(9)7-2-5(10)11;5-2(4(8)9)1-3(6)7/h1-5,10-12H,6-8H2,(H,15,16)(H,17,18);1-4,9-10,15H,5-6H2,(H,18,19)(H,20,21);1-3,6,9-10,15H,4-5H2,(H,18,19)(H,20,21);1-8,11-17,22H,(H,18,19)(H,20,21);1-8H2,(H,13,14)(H,15,16);5H,4H2,1-3H3,(H,10,15)(H,11,12)(H,13,14);3,8H,1-2H2,(H,7,9)(H,10,11)(H,12,13);2H,1H2,(H,6,7)(H,8,9)/t10-,11-,12+;;;1-,2+,3+,4+,5+,6+,7-,8-,11?,12-;;5-;;2-/m1..0.1.0/s1. The van der Waals surface area contributed by atoms with Crippen LogP contribution in [0, 0.1) is 11.8 Å². The van der Waals surface area contributed by atoms with E-state index in [0.717, 1.165) is 26.3 Å². The van der Waals surface area contributed by atoms with Crippen LogP contribution in [0.4, 0.5) is 4.79 Å². The minimum absolute atomic E-state index is 0.0933. The minimum Gasteiger partial charge on any atom is -0.481 e. The van der Waals surface area contributed by atoms with Gasteiger partial charge in [0.15, 0.2) is 43.0 Å². The number of benzene rings is 3. The number of aliphatic carboxylic acids is 16. The molecule has 4 amide bonds. The summed E-state index contributed by atoms with van der Waals surface area (Å²) in [5, 5.41) is 214. The Morgan fingerprint density at radius 3 is 1.37 bits per heavy atom. The zero-order chi connectivity index (χ0) is 106. The van der Waals surface area contributed by atoms with Gasteiger partial charge < -0.3 is 167 Å². The van der Waals surface area contributed by atoms with Crippen molar-refractivity contribution < 1.29 is 237 Å². The number of carbonyl (C=O) groups excluding carboxylic acids is 5. The van der Waals surface area contributed by atoms with E-state index in [0.29, 0.717) is 62.0 Å². The van der Waals surface area contributed by atoms with Gasteiger partial charge in [-0.15, -0.1) is 11.6 Å². The molecule has 6 unspecified atom stereocenters. The monoisotopic (exact) mass is 2090 g/mol. The zero-order valence-electron chi connectivity index (χ0n) is 73.5. The summed E-state index contributed by atoms with van der Waals surface area (Å²) in [4.78, 5) is 230. The average molecular weight is 2100 g/mol. The number of unbranched alkanes of at least 4 members (excludes halogenated alkanes) is 2. The van der Waals surface area contributed by atoms with Gasteiger partial charge in [0.05, 0.1) is 31.1 Å². The molecule has 57 heteroatoms. The van der Waals surface area contributed by atoms with Crippen LogP contribution in [0.25, 0.3) is 0 Å². The molecule has 5 aliphatic rings. The number of rotatable bonds is 35. The fourth-order valence-electron chi connectivity index (χ4n) is 12.7. The van der Waals surface area contributed by atoms with E-state index in [1.807, 2.05) is 41.0 Å². The topological polar surface area (TPSA) is 915 Å². The molecule has 4 saturated heterocycles. The number of aliphatic hydroxyl groups excluding tert-OH is 7. The molecule has 5 fully saturated rings. The lowest BCUT2D eigenvalue weighted by Crippen LogP contribution is -2.65. The lowest BCUT2D eigenvalue weighted by Gasteiger charge is -2.44. The summed E-state index contributed by atoms with van der Waals surface area (Å²) in [6, 6.07) is 15.2. The Balaban J connectivity index is 0.000000805. The van der Waals surface area contributed by atoms with Gasteiger partial charge >= 0.3 is 102 Å². The van der Waals surface area contributed by atoms with E-state index in [1.165, 1.54) is 12.1 Å². The minimum atomic E-state index is -2.03. The molecule has 4 aliphatic heterocycles. The van der Waals surface area contributed by atoms with Crippen molar-refractivity contribution in [3.05, 3.63) is 105 Å². The molecule has 774 valence electrons. The normalized spacial score (nSPS) is 23.4. The Morgan fingerprint density at radius 2 is 0.971 bits per heavy atom. The van der Waals surface area contributed by atoms with Crippen molar-refractivity contribution in [2.45, 2.75) is 225 Å². The van der Waals surface area contributed by atoms with Gasteiger partial charge in [0.2, 0.25) is 5.91 Å². The number of carboxylic acid groups (broad SMARTS) is 16. The molecule has 1 aliphatic carbocycles. The van der Waals surface area contributed by atoms with Crippen LogP contribution in [0.15, 0.2) is 83.3 Å². The van der Waals surface area contributed by atoms with Gasteiger partial charge in [-0.05, 0) is 120 Å². The van der Waals surface area contributed by atoms with E-state index in [1.54, 1.807) is 57.2 Å². The molecule has 0 aromatic heterocycles. The summed E-state index contributed by atoms with van der Waals surface area (Å²) in [5.41, 5.74) is 0.874. The summed E-state index contributed by atoms with van der Waals surface area (Å²) in [5.74, 6) is -23.6. The number of nitrogens with zero attached hydrogens (tertiary/aromatic N) is 2. The van der Waals surface area contributed by atoms with Crippen molar-refractivity contribution in [3.8, 4) is 0 Å². The number of halogens is 3. The molecular weight excluding hydrogens is 1990 g/mol. The molecule has 0 radical (unpaired) electrons. The Hall–Kier alpha value is -12.9. The number of alkyl carbamates (subject to hydrolysis) is 1. The lowest BCUT2D eigenvalue weighted by atomic mass is 9.72. The van der Waals surface area contributed by atoms with Crippen molar-refractivity contribution in [1.82, 2.24) is 31.1 Å². The maximum absolute atomic E-state index is 12.4. The van der Waals surface area contributed by atoms with Crippen LogP contribution in [0.5, 0.6) is 0 Å². The fourth-order valence-corrected chi connectivity index (χ4v) is 13.3. The third kappa shape index (κ3) is 45.5. The summed E-state index contributed by atoms with van der Waals surface area (Å²) >= 11 is 14.1. The van der Waals surface area contributed by atoms with E-state index in [2.05, 4.69) is 31.3 Å². The second-order valence-electron chi connectivity index (χ2n) is 31.0. The second-order valence-corrected chi connectivity index (χ2v) is 32.9. The number of alkyl halides is 1. The number of piperazine rings is 2. The van der Waals surface area contributed by atoms with E-state index < -0.39 is 266 Å². The highest BCUT2D eigenvalue weighted by atomic mass is 79.9. The Kier molecular flexibility index (Phi) is 54.9. The largest absolute Gasteiger partial charge is 0.481 e. The number of nitrogens with one attached hydrogen (secondary N) is 4. The Labute approximate surface area is 803 Å². The first kappa shape index (κ1) is 124. The molecule has 139 heavy (non-hydrogen) atoms. The predicted molar refractivity (Wildman–Crippen MR) is 463 cm³/mol. The highest BCUT2D eigenvalue weighted by Gasteiger charge is 2.54. The fraction of sp³-hybridized carbons (Fsp3) is 0.524. The average Bonchev–Trinajstić information content (AvgIpc) is 0.784. The van der Waals surface area contributed by atoms with Gasteiger partial charge in [0, 0.05) is 72.5 Å². The van der Waals surface area contributed by atoms with E-state index in [4.69, 9.17) is 114 Å². The van der Waals surface area contributed by atoms with Gasteiger partial charge in [-0.1, -0.05) is 63.9 Å². The summed E-state index contributed by atoms with van der Waals surface area (Å²) < 4.78 is 20.0. The summed E-state index contributed by atoms with van der Waals surface area (Å²) in [7, 11) is 0. The number of hydrogen-bond acceptors (Lipinski definition) is 34. The Morgan fingerprint density at radius 1 is 0.489 bits per heavy atom. The summed E-state index contributed by atoms with van der Waals surface area (Å²) in [6.45, 7) is 4.90. The van der Waals surface area contributed by atoms with Crippen LogP contribution in [0.1, 0.15) is 143 Å². The number of Topliss-reactive ketones (excluding diaryl/α,β-unsaturated/α-hetero) is 1. The molecule has 54 nitrogen and oxygen atoms in total. The van der Waals surface area contributed by atoms with E-state index in [9.17, 15) is 142 Å². The van der Waals surface area contributed by atoms with Crippen LogP contribution >= 0.6 is 39.1 Å². The molecule has 0 spiro atoms. The van der Waals surface area contributed by atoms with Crippen molar-refractivity contribution in [2.75, 3.05) is 32.7 Å². The predicted octanol–water partition coefficient (Wildman–Crippen LogP) is -1.70. The van der Waals surface area contributed by atoms with Gasteiger partial charge in [0.25, 0.3) is 11.8 Å². The molecule has 27 N–H and O–H groups in total. The van der Waals surface area contributed by atoms with E-state index in [-0.39, 0.29) is 56.3 Å². The van der Waals surface area contributed by atoms with E-state index >= 15 is 0 Å². The maximum Gasteiger partial charge on any atom is 0.408 e. The van der Waals surface area contributed by atoms with Crippen LogP contribution in [0.2, 0.25) is 5.02 Å². The SMILES string of the molecule is CC(C)(C)OC(=O)N[C@H](CC(=O)O)C(=O)O.O=C(O)C1NCCN(C(=O)c2ccc(Br)cc2)C1C(=O)O.O=C(O)C1NCCN(C(=O)c2cccc(Cl)c2)C1C(=O)O.O=C(O)CCCCC(=O)CCCCC(=O)O.O=C(O)CNC(=O)CC(O)C(=O)O.O=C(O)C[C@H](Cl)C(=O)O.O=C(O)[C@H]1C[C@H](c2ccccc2)CC[C@H]1C(=O)O.O=C(O)[C@H]1O[C@H](O[C@@H]2[C@H](O)[C@@H](O)C(O)O[C@@H]2C(=O)O)[C@H](O)[C@@H](O)[C@H]1O. The number of ether oxygens (including phenoxy) is 4. The van der Waals surface area contributed by atoms with Crippen LogP contribution < -0.4 is 21.3 Å². The number of ketones is 1. The zero-order valence-corrected chi connectivity index (χ0v) is 76.6. The highest BCUT2D eigenvalue weighted by Crippen LogP contribution is 2.40. The van der Waals surface area contributed by atoms with Crippen molar-refractivity contribution in [2.24, 2.45) is 11.8 Å². The number of hydrogen-bond donors (Lipinski definition) is 27. The van der Waals surface area contributed by atoms with Crippen LogP contribution in [-0.4, -0.2) is 394 Å². The van der Waals surface area contributed by atoms with Gasteiger partial charge in [-0.25, -0.2) is 33.6 Å². The molecule has 1 saturated carbocycles. The molecule has 3 aromatic carbocycles. The second kappa shape index (κ2) is 61.4. The first-order chi connectivity index (χ1) is 64.6. The van der Waals surface area contributed by atoms with Crippen LogP contribution in [0.3, 0.4) is 0 Å². The first-order valence-corrected chi connectivity index (χ1v) is 42.6. The number of carboxylic acids is 16. The van der Waals surface area contributed by atoms with Crippen molar-refractivity contribution >= 4 is 164 Å². The molecule has 20 atom stereocenters. The van der Waals surface area contributed by atoms with Gasteiger partial charge in [-0.3, -0.25) is 67.1 Å². The molecular formula is C82H107BrCl2N6O48. The maximum atomic E-state index is 12.4. The van der Waals surface area contributed by atoms with Crippen LogP contribution in [-0.2, 0) is 105 Å². The third-order valence-electron chi connectivity index (χ3n) is 19.4. The molecule has 0 bridgehead atoms. The van der Waals surface area contributed by atoms with Gasteiger partial charge in [-0.2, -0.15) is 0 Å². The van der Waals surface area contributed by atoms with Crippen molar-refractivity contribution in [1.29, 1.82) is 0 Å². The number of carbonyl (C=O) groups is 21. The Bertz CT molecular complexity index is 4680. The number of amides is 4. The molecule has 3 aromatic rings.